The summed E-state index contributed by atoms with van der Waals surface area (Å²) in [4.78, 5) is 0. The van der Waals surface area contributed by atoms with Crippen molar-refractivity contribution in [1.29, 1.82) is 0 Å². The van der Waals surface area contributed by atoms with Crippen LogP contribution in [0.15, 0.2) is 16.8 Å². The molecule has 1 aliphatic carbocycles. The molecule has 0 aromatic carbocycles. The molecule has 2 fully saturated rings. The van der Waals surface area contributed by atoms with Crippen LogP contribution in [0, 0.1) is 5.92 Å². The first-order valence-corrected chi connectivity index (χ1v) is 7.60. The number of hydrogen-bond donors (Lipinski definition) is 1. The zero-order chi connectivity index (χ0) is 11.7. The number of nitrogens with one attached hydrogen (secondary N) is 1. The molecule has 17 heavy (non-hydrogen) atoms. The molecular formula is C14H21NOS. The summed E-state index contributed by atoms with van der Waals surface area (Å²) in [5.74, 6) is 0.845. The van der Waals surface area contributed by atoms with Gasteiger partial charge in [0.1, 0.15) is 0 Å². The number of rotatable bonds is 1. The van der Waals surface area contributed by atoms with Crippen LogP contribution in [0.5, 0.6) is 0 Å². The molecule has 2 aliphatic rings. The highest BCUT2D eigenvalue weighted by Gasteiger charge is 2.39. The smallest absolute Gasteiger partial charge is 0.0958 e. The number of hydrogen-bond acceptors (Lipinski definition) is 3. The summed E-state index contributed by atoms with van der Waals surface area (Å²) in [5.41, 5.74) is 1.62. The molecule has 3 atom stereocenters. The molecule has 1 N–H and O–H groups in total. The second-order valence-electron chi connectivity index (χ2n) is 5.72. The maximum Gasteiger partial charge on any atom is 0.0958 e. The second-order valence-corrected chi connectivity index (χ2v) is 6.50. The van der Waals surface area contributed by atoms with Crippen molar-refractivity contribution >= 4 is 11.3 Å². The fourth-order valence-electron chi connectivity index (χ4n) is 3.30. The Balaban J connectivity index is 1.63. The molecule has 94 valence electrons. The minimum absolute atomic E-state index is 0.268. The van der Waals surface area contributed by atoms with Gasteiger partial charge in [-0.25, -0.2) is 0 Å². The van der Waals surface area contributed by atoms with Crippen molar-refractivity contribution in [2.75, 3.05) is 13.2 Å². The van der Waals surface area contributed by atoms with Gasteiger partial charge in [-0.05, 0) is 41.1 Å². The predicted molar refractivity (Wildman–Crippen MR) is 71.4 cm³/mol. The summed E-state index contributed by atoms with van der Waals surface area (Å²) in [7, 11) is 0. The van der Waals surface area contributed by atoms with E-state index in [0.29, 0.717) is 0 Å². The minimum Gasteiger partial charge on any atom is -0.370 e. The van der Waals surface area contributed by atoms with Crippen LogP contribution in [0.3, 0.4) is 0 Å². The highest BCUT2D eigenvalue weighted by Crippen LogP contribution is 2.36. The lowest BCUT2D eigenvalue weighted by molar-refractivity contribution is -0.0525. The zero-order valence-corrected chi connectivity index (χ0v) is 11.3. The van der Waals surface area contributed by atoms with E-state index in [-0.39, 0.29) is 11.6 Å². The zero-order valence-electron chi connectivity index (χ0n) is 10.4. The lowest BCUT2D eigenvalue weighted by Gasteiger charge is -2.45. The topological polar surface area (TPSA) is 21.3 Å². The molecule has 1 spiro atoms. The van der Waals surface area contributed by atoms with Gasteiger partial charge in [0.05, 0.1) is 12.7 Å². The van der Waals surface area contributed by atoms with E-state index in [1.54, 1.807) is 11.3 Å². The van der Waals surface area contributed by atoms with Gasteiger partial charge < -0.3 is 10.1 Å². The van der Waals surface area contributed by atoms with Crippen LogP contribution in [0.2, 0.25) is 0 Å². The largest absolute Gasteiger partial charge is 0.370 e. The van der Waals surface area contributed by atoms with Crippen molar-refractivity contribution in [2.24, 2.45) is 5.92 Å². The number of morpholine rings is 1. The summed E-state index contributed by atoms with van der Waals surface area (Å²) in [6.45, 7) is 4.23. The van der Waals surface area contributed by atoms with Gasteiger partial charge in [0, 0.05) is 12.1 Å². The van der Waals surface area contributed by atoms with Crippen molar-refractivity contribution in [2.45, 2.75) is 44.2 Å². The van der Waals surface area contributed by atoms with Crippen molar-refractivity contribution in [1.82, 2.24) is 5.32 Å². The summed E-state index contributed by atoms with van der Waals surface area (Å²) >= 11 is 1.75. The molecule has 0 radical (unpaired) electrons. The van der Waals surface area contributed by atoms with Crippen LogP contribution < -0.4 is 5.32 Å². The SMILES string of the molecule is CC1CCCC2(COC(c3ccsc3)CN2)C1. The molecule has 3 unspecified atom stereocenters. The van der Waals surface area contributed by atoms with Crippen molar-refractivity contribution in [3.8, 4) is 0 Å². The van der Waals surface area contributed by atoms with E-state index in [0.717, 1.165) is 19.1 Å². The van der Waals surface area contributed by atoms with E-state index < -0.39 is 0 Å². The average Bonchev–Trinajstić information content (AvgIpc) is 2.83. The Morgan fingerprint density at radius 2 is 2.47 bits per heavy atom. The standard InChI is InChI=1S/C14H21NOS/c1-11-3-2-5-14(7-11)10-16-13(8-15-14)12-4-6-17-9-12/h4,6,9,11,13,15H,2-3,5,7-8,10H2,1H3. The molecule has 3 rings (SSSR count). The average molecular weight is 251 g/mol. The molecule has 0 amide bonds. The highest BCUT2D eigenvalue weighted by molar-refractivity contribution is 7.07. The maximum atomic E-state index is 6.11. The van der Waals surface area contributed by atoms with Gasteiger partial charge in [0.15, 0.2) is 0 Å². The van der Waals surface area contributed by atoms with E-state index in [1.165, 1.54) is 31.2 Å². The molecular weight excluding hydrogens is 230 g/mol. The fraction of sp³-hybridized carbons (Fsp3) is 0.714. The molecule has 0 bridgehead atoms. The summed E-state index contributed by atoms with van der Waals surface area (Å²) in [5, 5.41) is 8.12. The molecule has 2 heterocycles. The summed E-state index contributed by atoms with van der Waals surface area (Å²) in [6, 6.07) is 2.18. The summed E-state index contributed by atoms with van der Waals surface area (Å²) < 4.78 is 6.11. The fourth-order valence-corrected chi connectivity index (χ4v) is 4.01. The van der Waals surface area contributed by atoms with Crippen LogP contribution in [0.1, 0.15) is 44.3 Å². The van der Waals surface area contributed by atoms with Crippen LogP contribution in [0.25, 0.3) is 0 Å². The molecule has 1 saturated carbocycles. The first kappa shape index (κ1) is 11.7. The van der Waals surface area contributed by atoms with Gasteiger partial charge in [0.2, 0.25) is 0 Å². The first-order valence-electron chi connectivity index (χ1n) is 6.66. The van der Waals surface area contributed by atoms with Crippen LogP contribution in [-0.4, -0.2) is 18.7 Å². The molecule has 1 aliphatic heterocycles. The van der Waals surface area contributed by atoms with Gasteiger partial charge in [0.25, 0.3) is 0 Å². The Hall–Kier alpha value is -0.380. The second kappa shape index (κ2) is 4.71. The molecule has 3 heteroatoms. The molecule has 1 aromatic heterocycles. The highest BCUT2D eigenvalue weighted by atomic mass is 32.1. The summed E-state index contributed by atoms with van der Waals surface area (Å²) in [6.07, 6.45) is 5.57. The van der Waals surface area contributed by atoms with Crippen LogP contribution in [-0.2, 0) is 4.74 Å². The molecule has 1 aromatic rings. The molecule has 2 nitrogen and oxygen atoms in total. The Morgan fingerprint density at radius 3 is 3.12 bits per heavy atom. The van der Waals surface area contributed by atoms with Gasteiger partial charge in [-0.1, -0.05) is 19.8 Å². The Bertz CT molecular complexity index is 354. The minimum atomic E-state index is 0.268. The van der Waals surface area contributed by atoms with Crippen molar-refractivity contribution < 1.29 is 4.74 Å². The number of ether oxygens (including phenoxy) is 1. The Kier molecular flexibility index (Phi) is 3.24. The predicted octanol–water partition coefficient (Wildman–Crippen LogP) is 3.36. The lowest BCUT2D eigenvalue weighted by atomic mass is 9.76. The van der Waals surface area contributed by atoms with Crippen LogP contribution in [0.4, 0.5) is 0 Å². The van der Waals surface area contributed by atoms with E-state index >= 15 is 0 Å². The Labute approximate surface area is 107 Å². The molecule has 1 saturated heterocycles. The van der Waals surface area contributed by atoms with Crippen molar-refractivity contribution in [3.05, 3.63) is 22.4 Å². The number of thiophene rings is 1. The third kappa shape index (κ3) is 2.42. The van der Waals surface area contributed by atoms with E-state index in [1.807, 2.05) is 0 Å². The normalized spacial score (nSPS) is 38.4. The first-order chi connectivity index (χ1) is 8.27. The van der Waals surface area contributed by atoms with E-state index in [4.69, 9.17) is 4.74 Å². The van der Waals surface area contributed by atoms with Gasteiger partial charge in [-0.15, -0.1) is 0 Å². The van der Waals surface area contributed by atoms with Gasteiger partial charge in [-0.3, -0.25) is 0 Å². The van der Waals surface area contributed by atoms with Crippen LogP contribution >= 0.6 is 11.3 Å². The quantitative estimate of drug-likeness (QED) is 0.826. The van der Waals surface area contributed by atoms with Gasteiger partial charge >= 0.3 is 0 Å². The Morgan fingerprint density at radius 1 is 1.53 bits per heavy atom. The lowest BCUT2D eigenvalue weighted by Crippen LogP contribution is -2.56. The van der Waals surface area contributed by atoms with E-state index in [9.17, 15) is 0 Å². The third-order valence-electron chi connectivity index (χ3n) is 4.23. The maximum absolute atomic E-state index is 6.11. The van der Waals surface area contributed by atoms with Crippen molar-refractivity contribution in [3.63, 3.8) is 0 Å². The monoisotopic (exact) mass is 251 g/mol. The third-order valence-corrected chi connectivity index (χ3v) is 4.93. The van der Waals surface area contributed by atoms with E-state index in [2.05, 4.69) is 29.1 Å². The van der Waals surface area contributed by atoms with Gasteiger partial charge in [-0.2, -0.15) is 11.3 Å².